The second-order valence-electron chi connectivity index (χ2n) is 6.45. The van der Waals surface area contributed by atoms with E-state index >= 15 is 0 Å². The van der Waals surface area contributed by atoms with Crippen LogP contribution in [0.15, 0.2) is 33.9 Å². The fourth-order valence-corrected chi connectivity index (χ4v) is 5.49. The fourth-order valence-electron chi connectivity index (χ4n) is 2.93. The van der Waals surface area contributed by atoms with Gasteiger partial charge in [-0.3, -0.25) is 4.79 Å². The molecular weight excluding hydrogens is 374 g/mol. The van der Waals surface area contributed by atoms with Gasteiger partial charge in [0, 0.05) is 18.7 Å². The van der Waals surface area contributed by atoms with Gasteiger partial charge in [0.25, 0.3) is 5.22 Å². The first-order valence-electron chi connectivity index (χ1n) is 8.30. The van der Waals surface area contributed by atoms with Crippen LogP contribution in [-0.4, -0.2) is 59.3 Å². The maximum absolute atomic E-state index is 12.6. The van der Waals surface area contributed by atoms with Crippen molar-refractivity contribution in [3.63, 3.8) is 0 Å². The lowest BCUT2D eigenvalue weighted by Crippen LogP contribution is -2.41. The summed E-state index contributed by atoms with van der Waals surface area (Å²) in [5.74, 6) is 0.443. The molecule has 2 aromatic rings. The number of hydrogen-bond donors (Lipinski definition) is 0. The molecule has 0 N–H and O–H groups in total. The molecule has 0 aliphatic carbocycles. The lowest BCUT2D eigenvalue weighted by Gasteiger charge is -2.25. The van der Waals surface area contributed by atoms with Crippen LogP contribution >= 0.6 is 11.8 Å². The molecule has 0 bridgehead atoms. The number of rotatable bonds is 5. The third-order valence-electron chi connectivity index (χ3n) is 4.51. The first-order valence-corrected chi connectivity index (χ1v) is 11.0. The minimum Gasteiger partial charge on any atom is -0.411 e. The van der Waals surface area contributed by atoms with Gasteiger partial charge < -0.3 is 9.32 Å². The molecule has 0 unspecified atom stereocenters. The third kappa shape index (κ3) is 4.09. The summed E-state index contributed by atoms with van der Waals surface area (Å²) < 4.78 is 28.9. The normalized spacial score (nSPS) is 20.0. The minimum atomic E-state index is -3.03. The molecule has 7 nitrogen and oxygen atoms in total. The summed E-state index contributed by atoms with van der Waals surface area (Å²) in [5.41, 5.74) is 1.89. The number of thioether (sulfide) groups is 1. The van der Waals surface area contributed by atoms with Crippen LogP contribution < -0.4 is 0 Å². The molecule has 0 spiro atoms. The van der Waals surface area contributed by atoms with Gasteiger partial charge in [-0.25, -0.2) is 8.42 Å². The Balaban J connectivity index is 1.66. The van der Waals surface area contributed by atoms with Gasteiger partial charge >= 0.3 is 0 Å². The zero-order valence-electron chi connectivity index (χ0n) is 14.9. The summed E-state index contributed by atoms with van der Waals surface area (Å²) in [6, 6.07) is 7.44. The first kappa shape index (κ1) is 18.9. The average Bonchev–Trinajstić information content (AvgIpc) is 3.20. The molecule has 2 atom stereocenters. The highest BCUT2D eigenvalue weighted by Crippen LogP contribution is 2.29. The highest BCUT2D eigenvalue weighted by molar-refractivity contribution is 8.00. The second kappa shape index (κ2) is 7.40. The van der Waals surface area contributed by atoms with Crippen molar-refractivity contribution in [2.24, 2.45) is 0 Å². The Morgan fingerprint density at radius 3 is 2.73 bits per heavy atom. The second-order valence-corrected chi connectivity index (χ2v) is 9.97. The number of sulfone groups is 1. The van der Waals surface area contributed by atoms with E-state index in [9.17, 15) is 13.2 Å². The van der Waals surface area contributed by atoms with Gasteiger partial charge in [0.1, 0.15) is 0 Å². The molecule has 1 aromatic carbocycles. The molecule has 3 rings (SSSR count). The summed E-state index contributed by atoms with van der Waals surface area (Å²) in [6.07, 6.45) is 0.486. The van der Waals surface area contributed by atoms with Crippen LogP contribution in [0, 0.1) is 6.92 Å². The Kier molecular flexibility index (Phi) is 5.38. The van der Waals surface area contributed by atoms with E-state index < -0.39 is 15.1 Å². The van der Waals surface area contributed by atoms with Gasteiger partial charge in [-0.2, -0.15) is 0 Å². The largest absolute Gasteiger partial charge is 0.411 e. The van der Waals surface area contributed by atoms with Crippen molar-refractivity contribution in [3.8, 4) is 11.5 Å². The molecule has 1 aliphatic rings. The molecule has 1 aliphatic heterocycles. The van der Waals surface area contributed by atoms with Crippen molar-refractivity contribution in [1.82, 2.24) is 15.1 Å². The first-order chi connectivity index (χ1) is 12.3. The van der Waals surface area contributed by atoms with E-state index in [0.29, 0.717) is 17.5 Å². The Morgan fingerprint density at radius 2 is 2.08 bits per heavy atom. The number of nitrogens with zero attached hydrogens (tertiary/aromatic N) is 3. The van der Waals surface area contributed by atoms with Crippen molar-refractivity contribution in [1.29, 1.82) is 0 Å². The standard InChI is InChI=1S/C17H21N3O4S2/c1-11-6-4-5-7-14(11)15-18-19-17(24-15)25-12(2)16(21)20(3)13-8-9-26(22,23)10-13/h4-7,12-13H,8-10H2,1-3H3/t12-,13-/m1/s1. The lowest BCUT2D eigenvalue weighted by atomic mass is 10.1. The molecule has 1 aromatic heterocycles. The Labute approximate surface area is 157 Å². The van der Waals surface area contributed by atoms with E-state index in [0.717, 1.165) is 11.1 Å². The SMILES string of the molecule is Cc1ccccc1-c1nnc(S[C@H](C)C(=O)N(C)[C@@H]2CCS(=O)(=O)C2)o1. The number of hydrogen-bond acceptors (Lipinski definition) is 7. The Hall–Kier alpha value is -1.87. The van der Waals surface area contributed by atoms with Gasteiger partial charge in [0.15, 0.2) is 9.84 Å². The summed E-state index contributed by atoms with van der Waals surface area (Å²) in [4.78, 5) is 14.1. The molecule has 0 saturated carbocycles. The van der Waals surface area contributed by atoms with Crippen molar-refractivity contribution >= 4 is 27.5 Å². The fraction of sp³-hybridized carbons (Fsp3) is 0.471. The van der Waals surface area contributed by atoms with Crippen LogP contribution in [0.4, 0.5) is 0 Å². The molecule has 1 saturated heterocycles. The Bertz CT molecular complexity index is 910. The monoisotopic (exact) mass is 395 g/mol. The lowest BCUT2D eigenvalue weighted by molar-refractivity contribution is -0.130. The van der Waals surface area contributed by atoms with E-state index in [1.54, 1.807) is 14.0 Å². The summed E-state index contributed by atoms with van der Waals surface area (Å²) in [6.45, 7) is 3.72. The Morgan fingerprint density at radius 1 is 1.35 bits per heavy atom. The number of amides is 1. The molecule has 0 radical (unpaired) electrons. The van der Waals surface area contributed by atoms with E-state index in [1.165, 1.54) is 16.7 Å². The molecule has 2 heterocycles. The van der Waals surface area contributed by atoms with Gasteiger partial charge in [-0.1, -0.05) is 30.0 Å². The molecule has 1 amide bonds. The van der Waals surface area contributed by atoms with E-state index in [1.807, 2.05) is 31.2 Å². The molecule has 140 valence electrons. The minimum absolute atomic E-state index is 0.0324. The van der Waals surface area contributed by atoms with Gasteiger partial charge in [-0.05, 0) is 31.9 Å². The maximum Gasteiger partial charge on any atom is 0.277 e. The predicted octanol–water partition coefficient (Wildman–Crippen LogP) is 2.17. The average molecular weight is 396 g/mol. The third-order valence-corrected chi connectivity index (χ3v) is 7.18. The topological polar surface area (TPSA) is 93.4 Å². The summed E-state index contributed by atoms with van der Waals surface area (Å²) in [5, 5.41) is 7.94. The van der Waals surface area contributed by atoms with E-state index in [2.05, 4.69) is 10.2 Å². The van der Waals surface area contributed by atoms with Crippen LogP contribution in [0.2, 0.25) is 0 Å². The van der Waals surface area contributed by atoms with Gasteiger partial charge in [-0.15, -0.1) is 10.2 Å². The summed E-state index contributed by atoms with van der Waals surface area (Å²) in [7, 11) is -1.38. The number of benzene rings is 1. The highest BCUT2D eigenvalue weighted by Gasteiger charge is 2.34. The number of aromatic nitrogens is 2. The zero-order chi connectivity index (χ0) is 18.9. The van der Waals surface area contributed by atoms with Crippen molar-refractivity contribution in [2.75, 3.05) is 18.6 Å². The molecule has 26 heavy (non-hydrogen) atoms. The van der Waals surface area contributed by atoms with Crippen molar-refractivity contribution in [3.05, 3.63) is 29.8 Å². The van der Waals surface area contributed by atoms with Crippen LogP contribution in [0.5, 0.6) is 0 Å². The summed E-state index contributed by atoms with van der Waals surface area (Å²) >= 11 is 1.18. The number of carbonyl (C=O) groups is 1. The highest BCUT2D eigenvalue weighted by atomic mass is 32.2. The van der Waals surface area contributed by atoms with Crippen LogP contribution in [0.3, 0.4) is 0 Å². The van der Waals surface area contributed by atoms with Gasteiger partial charge in [0.05, 0.1) is 16.8 Å². The molecule has 1 fully saturated rings. The van der Waals surface area contributed by atoms with E-state index in [4.69, 9.17) is 4.42 Å². The molecular formula is C17H21N3O4S2. The quantitative estimate of drug-likeness (QED) is 0.716. The molecule has 9 heteroatoms. The van der Waals surface area contributed by atoms with Crippen molar-refractivity contribution in [2.45, 2.75) is 36.8 Å². The van der Waals surface area contributed by atoms with Crippen LogP contribution in [0.25, 0.3) is 11.5 Å². The predicted molar refractivity (Wildman–Crippen MR) is 99.6 cm³/mol. The number of carbonyl (C=O) groups excluding carboxylic acids is 1. The van der Waals surface area contributed by atoms with Crippen molar-refractivity contribution < 1.29 is 17.6 Å². The maximum atomic E-state index is 12.6. The zero-order valence-corrected chi connectivity index (χ0v) is 16.5. The van der Waals surface area contributed by atoms with Crippen LogP contribution in [-0.2, 0) is 14.6 Å². The van der Waals surface area contributed by atoms with Gasteiger partial charge in [0.2, 0.25) is 11.8 Å². The smallest absolute Gasteiger partial charge is 0.277 e. The van der Waals surface area contributed by atoms with E-state index in [-0.39, 0.29) is 23.5 Å². The van der Waals surface area contributed by atoms with Crippen LogP contribution in [0.1, 0.15) is 18.9 Å². The number of aryl methyl sites for hydroxylation is 1.